The summed E-state index contributed by atoms with van der Waals surface area (Å²) < 4.78 is 28.8. The first kappa shape index (κ1) is 20.8. The molecular weight excluding hydrogens is 410 g/mol. The van der Waals surface area contributed by atoms with E-state index in [1.807, 2.05) is 24.3 Å². The van der Waals surface area contributed by atoms with Crippen molar-refractivity contribution in [2.75, 3.05) is 38.3 Å². The Balaban J connectivity index is 1.53. The summed E-state index contributed by atoms with van der Waals surface area (Å²) in [5.74, 6) is -0.977. The number of urea groups is 1. The fourth-order valence-corrected chi connectivity index (χ4v) is 6.41. The van der Waals surface area contributed by atoms with Crippen LogP contribution >= 0.6 is 0 Å². The van der Waals surface area contributed by atoms with Crippen LogP contribution in [0.4, 0.5) is 4.79 Å². The van der Waals surface area contributed by atoms with Gasteiger partial charge in [-0.2, -0.15) is 0 Å². The second-order valence-electron chi connectivity index (χ2n) is 8.02. The van der Waals surface area contributed by atoms with Gasteiger partial charge in [-0.1, -0.05) is 24.3 Å². The maximum atomic E-state index is 13.3. The van der Waals surface area contributed by atoms with Crippen LogP contribution < -0.4 is 5.32 Å². The van der Waals surface area contributed by atoms with E-state index in [2.05, 4.69) is 5.32 Å². The number of nitrogens with one attached hydrogen (secondary N) is 1. The van der Waals surface area contributed by atoms with E-state index in [-0.39, 0.29) is 24.7 Å². The van der Waals surface area contributed by atoms with Gasteiger partial charge in [-0.3, -0.25) is 14.5 Å². The van der Waals surface area contributed by atoms with Gasteiger partial charge in [0.05, 0.1) is 18.1 Å². The van der Waals surface area contributed by atoms with Crippen LogP contribution in [0, 0.1) is 0 Å². The predicted molar refractivity (Wildman–Crippen MR) is 107 cm³/mol. The van der Waals surface area contributed by atoms with Crippen LogP contribution in [0.5, 0.6) is 0 Å². The van der Waals surface area contributed by atoms with Gasteiger partial charge in [0.25, 0.3) is 5.91 Å². The average Bonchev–Trinajstić information content (AvgIpc) is 3.33. The maximum Gasteiger partial charge on any atom is 0.325 e. The highest BCUT2D eigenvalue weighted by atomic mass is 32.2. The lowest BCUT2D eigenvalue weighted by Gasteiger charge is -2.29. The Morgan fingerprint density at radius 3 is 2.80 bits per heavy atom. The minimum atomic E-state index is -3.19. The summed E-state index contributed by atoms with van der Waals surface area (Å²) in [6.45, 7) is 0.0156. The van der Waals surface area contributed by atoms with E-state index in [4.69, 9.17) is 4.74 Å². The Labute approximate surface area is 175 Å². The van der Waals surface area contributed by atoms with E-state index >= 15 is 0 Å². The number of amides is 4. The number of hydrogen-bond donors (Lipinski definition) is 1. The molecule has 1 aliphatic carbocycles. The molecule has 162 valence electrons. The molecule has 2 fully saturated rings. The molecule has 2 atom stereocenters. The summed E-state index contributed by atoms with van der Waals surface area (Å²) in [6.07, 6.45) is 1.47. The van der Waals surface area contributed by atoms with E-state index < -0.39 is 45.8 Å². The van der Waals surface area contributed by atoms with Crippen molar-refractivity contribution in [3.63, 3.8) is 0 Å². The molecule has 1 aromatic rings. The number of ether oxygens (including phenoxy) is 1. The summed E-state index contributed by atoms with van der Waals surface area (Å²) in [7, 11) is -1.70. The number of fused-ring (bicyclic) bond motifs is 2. The monoisotopic (exact) mass is 435 g/mol. The lowest BCUT2D eigenvalue weighted by molar-refractivity contribution is -0.140. The third-order valence-electron chi connectivity index (χ3n) is 6.22. The maximum absolute atomic E-state index is 13.3. The lowest BCUT2D eigenvalue weighted by atomic mass is 9.92. The van der Waals surface area contributed by atoms with Gasteiger partial charge in [-0.15, -0.1) is 0 Å². The zero-order chi connectivity index (χ0) is 21.5. The van der Waals surface area contributed by atoms with Gasteiger partial charge in [0.1, 0.15) is 12.1 Å². The van der Waals surface area contributed by atoms with E-state index in [1.165, 1.54) is 12.0 Å². The third-order valence-corrected chi connectivity index (χ3v) is 7.97. The molecule has 2 aliphatic heterocycles. The Hall–Kier alpha value is -2.46. The van der Waals surface area contributed by atoms with Gasteiger partial charge < -0.3 is 15.0 Å². The number of carbonyl (C=O) groups excluding carboxylic acids is 3. The summed E-state index contributed by atoms with van der Waals surface area (Å²) in [5, 5.41) is 2.80. The fourth-order valence-electron chi connectivity index (χ4n) is 4.68. The lowest BCUT2D eigenvalue weighted by Crippen LogP contribution is -2.49. The molecule has 9 nitrogen and oxygen atoms in total. The topological polar surface area (TPSA) is 113 Å². The molecule has 0 radical (unpaired) electrons. The minimum absolute atomic E-state index is 0.0253. The van der Waals surface area contributed by atoms with Gasteiger partial charge >= 0.3 is 6.03 Å². The number of aryl methyl sites for hydroxylation is 1. The molecule has 3 aliphatic rings. The number of hydrogen-bond acceptors (Lipinski definition) is 6. The first-order valence-corrected chi connectivity index (χ1v) is 11.8. The first-order chi connectivity index (χ1) is 14.3. The highest BCUT2D eigenvalue weighted by molar-refractivity contribution is 7.91. The summed E-state index contributed by atoms with van der Waals surface area (Å²) >= 11 is 0. The second-order valence-corrected chi connectivity index (χ2v) is 10.2. The molecule has 30 heavy (non-hydrogen) atoms. The molecule has 0 bridgehead atoms. The van der Waals surface area contributed by atoms with Crippen molar-refractivity contribution in [3.05, 3.63) is 35.4 Å². The second kappa shape index (κ2) is 7.66. The average molecular weight is 436 g/mol. The Kier molecular flexibility index (Phi) is 5.31. The summed E-state index contributed by atoms with van der Waals surface area (Å²) in [6, 6.07) is 6.41. The number of nitrogens with zero attached hydrogens (tertiary/aromatic N) is 2. The predicted octanol–water partition coefficient (Wildman–Crippen LogP) is 0.0420. The van der Waals surface area contributed by atoms with Crippen molar-refractivity contribution >= 4 is 27.7 Å². The van der Waals surface area contributed by atoms with Crippen LogP contribution in [-0.2, 0) is 36.1 Å². The largest absolute Gasteiger partial charge is 0.383 e. The van der Waals surface area contributed by atoms with Gasteiger partial charge in [-0.05, 0) is 30.4 Å². The van der Waals surface area contributed by atoms with E-state index in [0.717, 1.165) is 16.0 Å². The molecule has 1 aromatic carbocycles. The van der Waals surface area contributed by atoms with E-state index in [0.29, 0.717) is 19.3 Å². The highest BCUT2D eigenvalue weighted by Crippen LogP contribution is 2.41. The normalized spacial score (nSPS) is 26.8. The van der Waals surface area contributed by atoms with Crippen LogP contribution in [0.3, 0.4) is 0 Å². The molecule has 4 amide bonds. The molecule has 0 saturated carbocycles. The number of rotatable bonds is 6. The van der Waals surface area contributed by atoms with Crippen molar-refractivity contribution in [1.29, 1.82) is 0 Å². The van der Waals surface area contributed by atoms with Gasteiger partial charge in [-0.25, -0.2) is 13.2 Å². The van der Waals surface area contributed by atoms with Gasteiger partial charge in [0.2, 0.25) is 5.91 Å². The summed E-state index contributed by atoms with van der Waals surface area (Å²) in [5.41, 5.74) is 0.663. The number of methoxy groups -OCH3 is 1. The van der Waals surface area contributed by atoms with Crippen LogP contribution in [-0.4, -0.2) is 80.4 Å². The Morgan fingerprint density at radius 1 is 1.33 bits per heavy atom. The molecule has 2 saturated heterocycles. The number of sulfone groups is 1. The Bertz CT molecular complexity index is 994. The zero-order valence-corrected chi connectivity index (χ0v) is 17.6. The zero-order valence-electron chi connectivity index (χ0n) is 16.8. The molecule has 2 heterocycles. The van der Waals surface area contributed by atoms with Crippen LogP contribution in [0.2, 0.25) is 0 Å². The smallest absolute Gasteiger partial charge is 0.325 e. The summed E-state index contributed by atoms with van der Waals surface area (Å²) in [4.78, 5) is 41.3. The molecule has 0 aromatic heterocycles. The molecule has 0 unspecified atom stereocenters. The van der Waals surface area contributed by atoms with E-state index in [9.17, 15) is 22.8 Å². The van der Waals surface area contributed by atoms with Crippen molar-refractivity contribution < 1.29 is 27.5 Å². The van der Waals surface area contributed by atoms with Gasteiger partial charge in [0.15, 0.2) is 9.84 Å². The fraction of sp³-hybridized carbons (Fsp3) is 0.550. The Morgan fingerprint density at radius 2 is 2.10 bits per heavy atom. The number of benzene rings is 1. The molecule has 1 N–H and O–H groups in total. The van der Waals surface area contributed by atoms with Crippen molar-refractivity contribution in [1.82, 2.24) is 15.1 Å². The van der Waals surface area contributed by atoms with Gasteiger partial charge in [0, 0.05) is 19.7 Å². The molecule has 10 heteroatoms. The highest BCUT2D eigenvalue weighted by Gasteiger charge is 2.55. The first-order valence-electron chi connectivity index (χ1n) is 9.99. The van der Waals surface area contributed by atoms with Crippen molar-refractivity contribution in [2.45, 2.75) is 30.8 Å². The quantitative estimate of drug-likeness (QED) is 0.632. The molecule has 4 rings (SSSR count). The van der Waals surface area contributed by atoms with Crippen molar-refractivity contribution in [2.24, 2.45) is 0 Å². The SMILES string of the molecule is COCCN(C(=O)CN1C(=O)N[C@]2(CCc3ccccc32)C1=O)[C@@H]1CCS(=O)(=O)C1. The van der Waals surface area contributed by atoms with Crippen LogP contribution in [0.15, 0.2) is 24.3 Å². The van der Waals surface area contributed by atoms with Crippen LogP contribution in [0.1, 0.15) is 24.0 Å². The van der Waals surface area contributed by atoms with E-state index in [1.54, 1.807) is 0 Å². The number of imide groups is 1. The minimum Gasteiger partial charge on any atom is -0.383 e. The molecule has 1 spiro atoms. The van der Waals surface area contributed by atoms with Crippen LogP contribution in [0.25, 0.3) is 0 Å². The molecular formula is C20H25N3O6S. The number of carbonyl (C=O) groups is 3. The van der Waals surface area contributed by atoms with Crippen molar-refractivity contribution in [3.8, 4) is 0 Å². The third kappa shape index (κ3) is 3.47. The standard InChI is InChI=1S/C20H25N3O6S/c1-29-10-9-22(15-7-11-30(27,28)13-15)17(24)12-23-18(25)20(21-19(23)26)8-6-14-4-2-3-5-16(14)20/h2-5,15H,6-13H2,1H3,(H,21,26)/t15-,20+/m1/s1.